The maximum absolute atomic E-state index is 11.2. The first-order valence-electron chi connectivity index (χ1n) is 6.96. The summed E-state index contributed by atoms with van der Waals surface area (Å²) in [5.74, 6) is -2.14. The fourth-order valence-corrected chi connectivity index (χ4v) is 2.98. The summed E-state index contributed by atoms with van der Waals surface area (Å²) >= 11 is 5.87. The van der Waals surface area contributed by atoms with Crippen LogP contribution in [0.2, 0.25) is 5.02 Å². The molecule has 0 radical (unpaired) electrons. The maximum Gasteiger partial charge on any atom is 0.524 e. The van der Waals surface area contributed by atoms with E-state index >= 15 is 0 Å². The molecule has 4 N–H and O–H groups in total. The summed E-state index contributed by atoms with van der Waals surface area (Å²) in [6.45, 7) is 1.27. The minimum Gasteiger partial charge on any atom is -0.505 e. The highest BCUT2D eigenvalue weighted by atomic mass is 35.5. The molecule has 0 spiro atoms. The van der Waals surface area contributed by atoms with Gasteiger partial charge >= 0.3 is 7.82 Å². The van der Waals surface area contributed by atoms with Gasteiger partial charge in [-0.1, -0.05) is 11.6 Å². The zero-order chi connectivity index (χ0) is 21.3. The van der Waals surface area contributed by atoms with E-state index in [-0.39, 0.29) is 22.7 Å². The van der Waals surface area contributed by atoms with E-state index < -0.39 is 45.7 Å². The fourth-order valence-electron chi connectivity index (χ4n) is 1.90. The second-order valence-corrected chi connectivity index (χ2v) is 8.09. The predicted molar refractivity (Wildman–Crippen MR) is 94.1 cm³/mol. The number of nitrogens with zero attached hydrogens (tertiary/aromatic N) is 3. The van der Waals surface area contributed by atoms with Gasteiger partial charge in [0.25, 0.3) is 10.1 Å². The van der Waals surface area contributed by atoms with Crippen molar-refractivity contribution in [2.75, 3.05) is 0 Å². The lowest BCUT2D eigenvalue weighted by atomic mass is 10.2. The van der Waals surface area contributed by atoms with E-state index in [9.17, 15) is 22.9 Å². The molecule has 0 saturated carbocycles. The van der Waals surface area contributed by atoms with Gasteiger partial charge in [0.2, 0.25) is 5.82 Å². The molecule has 1 heterocycles. The standard InChI is InChI=1S/C13H11ClN3O9PS/c1-6-11(19)8(5-18)12(26-27(20,21)22)13(15-6)17-16-10-4-7(28(23,24)25)2-3-9(10)14/h2-5,19H,1H3,(H2,20,21,22)(H,23,24,25). The van der Waals surface area contributed by atoms with Crippen molar-refractivity contribution in [2.45, 2.75) is 11.8 Å². The smallest absolute Gasteiger partial charge is 0.505 e. The highest BCUT2D eigenvalue weighted by Crippen LogP contribution is 2.46. The zero-order valence-electron chi connectivity index (χ0n) is 13.7. The van der Waals surface area contributed by atoms with Gasteiger partial charge in [-0.05, 0) is 25.1 Å². The van der Waals surface area contributed by atoms with Gasteiger partial charge in [-0.15, -0.1) is 10.2 Å². The number of carbonyl (C=O) groups is 1. The van der Waals surface area contributed by atoms with Gasteiger partial charge < -0.3 is 9.63 Å². The lowest BCUT2D eigenvalue weighted by Gasteiger charge is -2.12. The molecular formula is C13H11ClN3O9PS. The molecule has 0 amide bonds. The molecule has 2 rings (SSSR count). The molecule has 12 nitrogen and oxygen atoms in total. The minimum atomic E-state index is -5.17. The number of hydrogen-bond acceptors (Lipinski definition) is 9. The number of aromatic hydroxyl groups is 1. The largest absolute Gasteiger partial charge is 0.524 e. The van der Waals surface area contributed by atoms with Gasteiger partial charge in [0, 0.05) is 0 Å². The number of hydrogen-bond donors (Lipinski definition) is 4. The third-order valence-corrected chi connectivity index (χ3v) is 4.70. The molecule has 0 aliphatic carbocycles. The number of carbonyl (C=O) groups excluding carboxylic acids is 1. The molecule has 0 fully saturated rings. The van der Waals surface area contributed by atoms with Crippen LogP contribution in [0.5, 0.6) is 11.5 Å². The van der Waals surface area contributed by atoms with E-state index in [0.29, 0.717) is 0 Å². The molecule has 1 aromatic heterocycles. The lowest BCUT2D eigenvalue weighted by Crippen LogP contribution is -1.99. The third-order valence-electron chi connectivity index (χ3n) is 3.12. The molecule has 2 aromatic rings. The first-order chi connectivity index (χ1) is 12.8. The van der Waals surface area contributed by atoms with Gasteiger partial charge in [0.05, 0.1) is 15.6 Å². The molecule has 28 heavy (non-hydrogen) atoms. The van der Waals surface area contributed by atoms with Crippen LogP contribution in [0.4, 0.5) is 11.5 Å². The number of benzene rings is 1. The van der Waals surface area contributed by atoms with Gasteiger partial charge in [-0.25, -0.2) is 9.55 Å². The first kappa shape index (κ1) is 21.9. The monoisotopic (exact) mass is 451 g/mol. The van der Waals surface area contributed by atoms with Crippen molar-refractivity contribution in [3.63, 3.8) is 0 Å². The summed E-state index contributed by atoms with van der Waals surface area (Å²) in [5, 5.41) is 16.9. The number of phosphoric ester groups is 1. The Balaban J connectivity index is 2.65. The van der Waals surface area contributed by atoms with Crippen molar-refractivity contribution in [3.05, 3.63) is 34.5 Å². The van der Waals surface area contributed by atoms with Crippen molar-refractivity contribution < 1.29 is 41.7 Å². The SMILES string of the molecule is Cc1nc(N=Nc2cc(S(=O)(=O)O)ccc2Cl)c(OP(=O)(O)O)c(C=O)c1O. The quantitative estimate of drug-likeness (QED) is 0.219. The summed E-state index contributed by atoms with van der Waals surface area (Å²) in [5.41, 5.74) is -1.02. The van der Waals surface area contributed by atoms with Crippen LogP contribution >= 0.6 is 19.4 Å². The second kappa shape index (κ2) is 7.91. The lowest BCUT2D eigenvalue weighted by molar-refractivity contribution is 0.111. The summed E-state index contributed by atoms with van der Waals surface area (Å²) in [6, 6.07) is 2.99. The number of phosphoric acid groups is 1. The Morgan fingerprint density at radius 2 is 1.93 bits per heavy atom. The number of azo groups is 1. The Bertz CT molecular complexity index is 1130. The molecule has 0 bridgehead atoms. The van der Waals surface area contributed by atoms with Crippen molar-refractivity contribution in [3.8, 4) is 11.5 Å². The number of pyridine rings is 1. The minimum absolute atomic E-state index is 0.0694. The zero-order valence-corrected chi connectivity index (χ0v) is 16.2. The average Bonchev–Trinajstić information content (AvgIpc) is 2.56. The van der Waals surface area contributed by atoms with Gasteiger partial charge in [0.15, 0.2) is 17.8 Å². The van der Waals surface area contributed by atoms with Crippen LogP contribution in [0, 0.1) is 6.92 Å². The van der Waals surface area contributed by atoms with Crippen LogP contribution in [-0.4, -0.2) is 39.1 Å². The van der Waals surface area contributed by atoms with Crippen LogP contribution in [0.15, 0.2) is 33.3 Å². The van der Waals surface area contributed by atoms with E-state index in [1.54, 1.807) is 0 Å². The molecular weight excluding hydrogens is 441 g/mol. The third kappa shape index (κ3) is 5.10. The summed E-state index contributed by atoms with van der Waals surface area (Å²) in [6.07, 6.45) is 0.0694. The molecule has 0 atom stereocenters. The molecule has 0 saturated heterocycles. The molecule has 150 valence electrons. The normalized spacial score (nSPS) is 12.3. The van der Waals surface area contributed by atoms with Crippen LogP contribution in [0.1, 0.15) is 16.1 Å². The number of aryl methyl sites for hydroxylation is 1. The first-order valence-corrected chi connectivity index (χ1v) is 10.3. The van der Waals surface area contributed by atoms with Gasteiger partial charge in [0.1, 0.15) is 11.3 Å². The van der Waals surface area contributed by atoms with Gasteiger partial charge in [-0.2, -0.15) is 8.42 Å². The van der Waals surface area contributed by atoms with Crippen molar-refractivity contribution in [2.24, 2.45) is 10.2 Å². The molecule has 0 aliphatic heterocycles. The summed E-state index contributed by atoms with van der Waals surface area (Å²) in [7, 11) is -9.74. The predicted octanol–water partition coefficient (Wildman–Crippen LogP) is 2.70. The number of aldehydes is 1. The number of aromatic nitrogens is 1. The van der Waals surface area contributed by atoms with Crippen molar-refractivity contribution >= 4 is 47.3 Å². The van der Waals surface area contributed by atoms with E-state index in [4.69, 9.17) is 25.9 Å². The summed E-state index contributed by atoms with van der Waals surface area (Å²) in [4.78, 5) is 32.4. The van der Waals surface area contributed by atoms with Crippen molar-refractivity contribution in [1.82, 2.24) is 4.98 Å². The van der Waals surface area contributed by atoms with Gasteiger partial charge in [-0.3, -0.25) is 19.1 Å². The summed E-state index contributed by atoms with van der Waals surface area (Å²) < 4.78 is 47.0. The highest BCUT2D eigenvalue weighted by molar-refractivity contribution is 7.85. The Morgan fingerprint density at radius 3 is 2.46 bits per heavy atom. The van der Waals surface area contributed by atoms with Crippen LogP contribution in [0.25, 0.3) is 0 Å². The van der Waals surface area contributed by atoms with Crippen LogP contribution in [-0.2, 0) is 14.7 Å². The Morgan fingerprint density at radius 1 is 1.29 bits per heavy atom. The maximum atomic E-state index is 11.2. The second-order valence-electron chi connectivity index (χ2n) is 5.10. The number of rotatable bonds is 6. The van der Waals surface area contributed by atoms with Crippen molar-refractivity contribution in [1.29, 1.82) is 0 Å². The fraction of sp³-hybridized carbons (Fsp3) is 0.0769. The average molecular weight is 452 g/mol. The topological polar surface area (TPSA) is 196 Å². The highest BCUT2D eigenvalue weighted by Gasteiger charge is 2.26. The van der Waals surface area contributed by atoms with Crippen LogP contribution < -0.4 is 4.52 Å². The van der Waals surface area contributed by atoms with E-state index in [0.717, 1.165) is 18.2 Å². The number of halogens is 1. The molecule has 15 heteroatoms. The Kier molecular flexibility index (Phi) is 6.18. The molecule has 0 unspecified atom stereocenters. The Hall–Kier alpha value is -2.41. The molecule has 1 aromatic carbocycles. The van der Waals surface area contributed by atoms with E-state index in [1.807, 2.05) is 0 Å². The molecule has 0 aliphatic rings. The van der Waals surface area contributed by atoms with E-state index in [1.165, 1.54) is 6.92 Å². The van der Waals surface area contributed by atoms with E-state index in [2.05, 4.69) is 19.7 Å². The van der Waals surface area contributed by atoms with Crippen LogP contribution in [0.3, 0.4) is 0 Å². The Labute approximate surface area is 162 Å².